The van der Waals surface area contributed by atoms with Gasteiger partial charge >= 0.3 is 0 Å². The fourth-order valence-corrected chi connectivity index (χ4v) is 4.40. The van der Waals surface area contributed by atoms with Crippen molar-refractivity contribution in [3.8, 4) is 24.3 Å². The first-order valence-corrected chi connectivity index (χ1v) is 11.7. The highest BCUT2D eigenvalue weighted by molar-refractivity contribution is 6.11. The molecule has 228 valence electrons. The molecule has 1 aliphatic rings. The lowest BCUT2D eigenvalue weighted by molar-refractivity contribution is 0.446. The van der Waals surface area contributed by atoms with Gasteiger partial charge in [0.1, 0.15) is 41.2 Å². The van der Waals surface area contributed by atoms with Crippen molar-refractivity contribution < 1.29 is 48.3 Å². The minimum Gasteiger partial charge on any atom is -0.237 e. The largest absolute Gasteiger partial charge is 0.262 e. The molecule has 0 saturated heterocycles. The Morgan fingerprint density at radius 3 is 1.40 bits per heavy atom. The molecule has 0 aromatic heterocycles. The van der Waals surface area contributed by atoms with Crippen LogP contribution in [0.1, 0.15) is 27.8 Å². The maximum absolute atomic E-state index is 15.0. The van der Waals surface area contributed by atoms with Crippen molar-refractivity contribution in [3.05, 3.63) is 137 Å². The fraction of sp³-hybridized carbons (Fsp3) is 0. The van der Waals surface area contributed by atoms with E-state index >= 15 is 22.0 Å². The number of nitrogens with zero attached hydrogens (tertiary/aromatic N) is 6. The molecule has 3 aromatic rings. The van der Waals surface area contributed by atoms with E-state index in [-0.39, 0.29) is 6.07 Å². The summed E-state index contributed by atoms with van der Waals surface area (Å²) in [5.74, 6) is -25.5. The Hall–Kier alpha value is -6.95. The molecule has 1 fully saturated rings. The molecule has 1 aliphatic carbocycles. The Morgan fingerprint density at radius 1 is 0.532 bits per heavy atom. The molecule has 17 heteroatoms. The van der Waals surface area contributed by atoms with Gasteiger partial charge in [0.25, 0.3) is 5.69 Å². The number of rotatable bonds is 3. The van der Waals surface area contributed by atoms with Gasteiger partial charge in [0.2, 0.25) is 5.70 Å². The van der Waals surface area contributed by atoms with Gasteiger partial charge in [0.05, 0.1) is 35.4 Å². The van der Waals surface area contributed by atoms with E-state index in [4.69, 9.17) is 23.7 Å². The fourth-order valence-electron chi connectivity index (χ4n) is 4.40. The van der Waals surface area contributed by atoms with Gasteiger partial charge in [-0.05, 0) is 22.8 Å². The van der Waals surface area contributed by atoms with Gasteiger partial charge in [-0.25, -0.2) is 58.0 Å². The highest BCUT2D eigenvalue weighted by Gasteiger charge is 2.45. The number of hydrogen-bond acceptors (Lipinski definition) is 4. The number of allylic oxidation sites excluding steroid dienone is 5. The van der Waals surface area contributed by atoms with E-state index in [1.54, 1.807) is 0 Å². The minimum absolute atomic E-state index is 0.0207. The second kappa shape index (κ2) is 11.9. The number of halogens is 11. The molecule has 4 rings (SSSR count). The Labute approximate surface area is 253 Å². The van der Waals surface area contributed by atoms with Crippen LogP contribution in [0, 0.1) is 122 Å². The third-order valence-corrected chi connectivity index (χ3v) is 6.51. The van der Waals surface area contributed by atoms with Crippen LogP contribution in [-0.4, -0.2) is 0 Å². The number of nitriles is 4. The SMILES string of the molecule is [C-]#[N+]/C(=C1/C(=C(\C#N)c2cc(F)c(C#N)c(F)c2F)/C1=C(\C#N)c1c(F)c(F)c([N+]#[C-])c(F)c1F)c1c(F)c(F)c(C#N)c(F)c1F. The highest BCUT2D eigenvalue weighted by atomic mass is 19.2. The number of hydrogen-bond donors (Lipinski definition) is 0. The van der Waals surface area contributed by atoms with Crippen molar-refractivity contribution >= 4 is 22.5 Å². The van der Waals surface area contributed by atoms with Crippen molar-refractivity contribution in [3.63, 3.8) is 0 Å². The van der Waals surface area contributed by atoms with Crippen molar-refractivity contribution in [2.24, 2.45) is 0 Å². The van der Waals surface area contributed by atoms with E-state index in [1.165, 1.54) is 0 Å². The maximum Gasteiger partial charge on any atom is 0.262 e. The van der Waals surface area contributed by atoms with E-state index in [9.17, 15) is 36.9 Å². The third-order valence-electron chi connectivity index (χ3n) is 6.51. The van der Waals surface area contributed by atoms with E-state index < -0.39 is 131 Å². The van der Waals surface area contributed by atoms with Crippen LogP contribution in [0.2, 0.25) is 0 Å². The molecule has 0 aliphatic heterocycles. The Kier molecular flexibility index (Phi) is 8.31. The summed E-state index contributed by atoms with van der Waals surface area (Å²) in [5, 5.41) is 37.4. The Morgan fingerprint density at radius 2 is 0.979 bits per heavy atom. The normalized spacial score (nSPS) is 14.9. The molecule has 0 spiro atoms. The Balaban J connectivity index is 2.34. The molecule has 0 atom stereocenters. The molecule has 1 saturated carbocycles. The zero-order chi connectivity index (χ0) is 35.2. The molecule has 3 aromatic carbocycles. The monoisotopic (exact) mass is 654 g/mol. The predicted octanol–water partition coefficient (Wildman–Crippen LogP) is 8.11. The molecule has 0 amide bonds. The van der Waals surface area contributed by atoms with E-state index in [1.807, 2.05) is 0 Å². The summed E-state index contributed by atoms with van der Waals surface area (Å²) in [4.78, 5) is 4.95. The van der Waals surface area contributed by atoms with Crippen LogP contribution in [0.3, 0.4) is 0 Å². The van der Waals surface area contributed by atoms with E-state index in [2.05, 4.69) is 9.69 Å². The first-order chi connectivity index (χ1) is 22.2. The van der Waals surface area contributed by atoms with Gasteiger partial charge in [-0.15, -0.1) is 0 Å². The molecule has 0 N–H and O–H groups in total. The van der Waals surface area contributed by atoms with Crippen LogP contribution in [0.15, 0.2) is 22.8 Å². The van der Waals surface area contributed by atoms with Crippen LogP contribution in [0.25, 0.3) is 26.5 Å². The molecular weight excluding hydrogens is 653 g/mol. The van der Waals surface area contributed by atoms with Gasteiger partial charge in [-0.1, -0.05) is 0 Å². The van der Waals surface area contributed by atoms with Crippen LogP contribution in [-0.2, 0) is 0 Å². The van der Waals surface area contributed by atoms with E-state index in [0.29, 0.717) is 0 Å². The summed E-state index contributed by atoms with van der Waals surface area (Å²) in [5.41, 5.74) is -19.0. The zero-order valence-corrected chi connectivity index (χ0v) is 21.9. The minimum atomic E-state index is -2.45. The summed E-state index contributed by atoms with van der Waals surface area (Å²) in [7, 11) is 0. The van der Waals surface area contributed by atoms with Gasteiger partial charge in [0.15, 0.2) is 58.2 Å². The second-order valence-corrected chi connectivity index (χ2v) is 8.79. The lowest BCUT2D eigenvalue weighted by Crippen LogP contribution is -2.06. The standard InChI is InChI=1S/C30HF11N6/c1-46-29(18-25(38)21(34)12(7-45)22(35)26(18)39)17-14(9(4-42)8-3-13(31)10(5-43)20(33)19(8)32)15(17)11(6-44)16-23(36)27(40)30(47-2)28(41)24(16)37/h3H/b14-9+,15-11-,29-17-. The first kappa shape index (κ1) is 33.0. The molecule has 6 nitrogen and oxygen atoms in total. The summed E-state index contributed by atoms with van der Waals surface area (Å²) in [6, 6.07) is 4.01. The lowest BCUT2D eigenvalue weighted by Gasteiger charge is -2.08. The maximum atomic E-state index is 15.0. The first-order valence-electron chi connectivity index (χ1n) is 11.7. The van der Waals surface area contributed by atoms with Gasteiger partial charge < -0.3 is 0 Å². The lowest BCUT2D eigenvalue weighted by atomic mass is 10.00. The quantitative estimate of drug-likeness (QED) is 0.123. The summed E-state index contributed by atoms with van der Waals surface area (Å²) >= 11 is 0. The van der Waals surface area contributed by atoms with Crippen LogP contribution in [0.5, 0.6) is 0 Å². The average molecular weight is 654 g/mol. The molecule has 47 heavy (non-hydrogen) atoms. The second-order valence-electron chi connectivity index (χ2n) is 8.79. The molecule has 0 unspecified atom stereocenters. The molecular formula is C30HF11N6. The summed E-state index contributed by atoms with van der Waals surface area (Å²) in [6.07, 6.45) is 0. The molecule has 0 bridgehead atoms. The Bertz CT molecular complexity index is 2210. The van der Waals surface area contributed by atoms with Crippen LogP contribution < -0.4 is 0 Å². The third kappa shape index (κ3) is 4.68. The molecule has 0 heterocycles. The van der Waals surface area contributed by atoms with Gasteiger partial charge in [-0.3, -0.25) is 0 Å². The van der Waals surface area contributed by atoms with Crippen molar-refractivity contribution in [2.45, 2.75) is 0 Å². The van der Waals surface area contributed by atoms with Gasteiger partial charge in [0, 0.05) is 5.56 Å². The van der Waals surface area contributed by atoms with Gasteiger partial charge in [-0.2, -0.15) is 21.0 Å². The topological polar surface area (TPSA) is 104 Å². The highest BCUT2D eigenvalue weighted by Crippen LogP contribution is 2.57. The summed E-state index contributed by atoms with van der Waals surface area (Å²) < 4.78 is 162. The predicted molar refractivity (Wildman–Crippen MR) is 133 cm³/mol. The van der Waals surface area contributed by atoms with E-state index in [0.717, 1.165) is 24.3 Å². The molecule has 0 radical (unpaired) electrons. The van der Waals surface area contributed by atoms with Crippen LogP contribution >= 0.6 is 0 Å². The van der Waals surface area contributed by atoms with Crippen molar-refractivity contribution in [1.82, 2.24) is 0 Å². The van der Waals surface area contributed by atoms with Crippen molar-refractivity contribution in [1.29, 1.82) is 21.0 Å². The summed E-state index contributed by atoms with van der Waals surface area (Å²) in [6.45, 7) is 14.2. The number of benzene rings is 3. The van der Waals surface area contributed by atoms with Crippen molar-refractivity contribution in [2.75, 3.05) is 0 Å². The zero-order valence-electron chi connectivity index (χ0n) is 21.9. The average Bonchev–Trinajstić information content (AvgIpc) is 3.76. The smallest absolute Gasteiger partial charge is 0.237 e. The van der Waals surface area contributed by atoms with Crippen LogP contribution in [0.4, 0.5) is 54.0 Å².